The van der Waals surface area contributed by atoms with Crippen LogP contribution in [0.2, 0.25) is 0 Å². The SMILES string of the molecule is CCCNCc1ccc(Br)cc1Oc1ccc(F)c(F)c1. The van der Waals surface area contributed by atoms with Crippen molar-refractivity contribution in [2.45, 2.75) is 19.9 Å². The summed E-state index contributed by atoms with van der Waals surface area (Å²) in [7, 11) is 0. The molecular weight excluding hydrogens is 340 g/mol. The van der Waals surface area contributed by atoms with E-state index in [-0.39, 0.29) is 5.75 Å². The number of ether oxygens (including phenoxy) is 1. The van der Waals surface area contributed by atoms with Crippen molar-refractivity contribution in [1.29, 1.82) is 0 Å². The Morgan fingerprint density at radius 2 is 1.90 bits per heavy atom. The summed E-state index contributed by atoms with van der Waals surface area (Å²) in [6.45, 7) is 3.65. The fourth-order valence-corrected chi connectivity index (χ4v) is 2.18. The van der Waals surface area contributed by atoms with Crippen LogP contribution in [0.3, 0.4) is 0 Å². The van der Waals surface area contributed by atoms with E-state index in [1.165, 1.54) is 6.07 Å². The molecule has 2 aromatic rings. The Kier molecular flexibility index (Phi) is 5.70. The second kappa shape index (κ2) is 7.52. The average Bonchev–Trinajstić information content (AvgIpc) is 2.45. The Morgan fingerprint density at radius 3 is 2.62 bits per heavy atom. The van der Waals surface area contributed by atoms with Gasteiger partial charge in [-0.2, -0.15) is 0 Å². The van der Waals surface area contributed by atoms with Crippen molar-refractivity contribution in [3.63, 3.8) is 0 Å². The van der Waals surface area contributed by atoms with Crippen LogP contribution in [-0.4, -0.2) is 6.54 Å². The van der Waals surface area contributed by atoms with Gasteiger partial charge in [0.25, 0.3) is 0 Å². The minimum atomic E-state index is -0.923. The second-order valence-corrected chi connectivity index (χ2v) is 5.52. The van der Waals surface area contributed by atoms with Crippen LogP contribution in [0.5, 0.6) is 11.5 Å². The van der Waals surface area contributed by atoms with E-state index in [9.17, 15) is 8.78 Å². The number of benzene rings is 2. The smallest absolute Gasteiger partial charge is 0.162 e. The van der Waals surface area contributed by atoms with Crippen molar-refractivity contribution < 1.29 is 13.5 Å². The van der Waals surface area contributed by atoms with E-state index in [4.69, 9.17) is 4.74 Å². The molecule has 0 heterocycles. The summed E-state index contributed by atoms with van der Waals surface area (Å²) in [6, 6.07) is 9.16. The van der Waals surface area contributed by atoms with Gasteiger partial charge in [0.05, 0.1) is 0 Å². The molecule has 0 aromatic heterocycles. The lowest BCUT2D eigenvalue weighted by Crippen LogP contribution is -2.14. The lowest BCUT2D eigenvalue weighted by Gasteiger charge is -2.12. The highest BCUT2D eigenvalue weighted by atomic mass is 79.9. The Morgan fingerprint density at radius 1 is 1.10 bits per heavy atom. The van der Waals surface area contributed by atoms with Gasteiger partial charge in [0.15, 0.2) is 11.6 Å². The van der Waals surface area contributed by atoms with Crippen LogP contribution in [-0.2, 0) is 6.54 Å². The molecule has 2 aromatic carbocycles. The van der Waals surface area contributed by atoms with E-state index >= 15 is 0 Å². The molecule has 112 valence electrons. The van der Waals surface area contributed by atoms with Crippen molar-refractivity contribution in [3.05, 3.63) is 58.1 Å². The summed E-state index contributed by atoms with van der Waals surface area (Å²) in [5, 5.41) is 3.29. The van der Waals surface area contributed by atoms with Crippen LogP contribution in [0.1, 0.15) is 18.9 Å². The van der Waals surface area contributed by atoms with Gasteiger partial charge in [-0.05, 0) is 37.2 Å². The van der Waals surface area contributed by atoms with Crippen molar-refractivity contribution >= 4 is 15.9 Å². The van der Waals surface area contributed by atoms with Gasteiger partial charge >= 0.3 is 0 Å². The summed E-state index contributed by atoms with van der Waals surface area (Å²) in [5.74, 6) is -0.933. The molecule has 0 saturated heterocycles. The first-order valence-corrected chi connectivity index (χ1v) is 7.51. The molecule has 1 N–H and O–H groups in total. The van der Waals surface area contributed by atoms with E-state index in [1.54, 1.807) is 0 Å². The van der Waals surface area contributed by atoms with Gasteiger partial charge in [-0.3, -0.25) is 0 Å². The number of hydrogen-bond donors (Lipinski definition) is 1. The highest BCUT2D eigenvalue weighted by Crippen LogP contribution is 2.29. The number of nitrogens with one attached hydrogen (secondary N) is 1. The zero-order chi connectivity index (χ0) is 15.2. The molecule has 0 atom stereocenters. The molecule has 0 unspecified atom stereocenters. The van der Waals surface area contributed by atoms with Crippen LogP contribution in [0.25, 0.3) is 0 Å². The summed E-state index contributed by atoms with van der Waals surface area (Å²) in [5.41, 5.74) is 0.955. The van der Waals surface area contributed by atoms with Gasteiger partial charge < -0.3 is 10.1 Å². The van der Waals surface area contributed by atoms with Gasteiger partial charge in [0.1, 0.15) is 11.5 Å². The molecule has 0 aliphatic heterocycles. The first-order valence-electron chi connectivity index (χ1n) is 6.72. The van der Waals surface area contributed by atoms with E-state index in [0.717, 1.165) is 35.1 Å². The first kappa shape index (κ1) is 15.9. The topological polar surface area (TPSA) is 21.3 Å². The van der Waals surface area contributed by atoms with Gasteiger partial charge in [-0.15, -0.1) is 0 Å². The maximum Gasteiger partial charge on any atom is 0.162 e. The monoisotopic (exact) mass is 355 g/mol. The summed E-state index contributed by atoms with van der Waals surface area (Å²) >= 11 is 3.38. The molecule has 0 aliphatic rings. The van der Waals surface area contributed by atoms with Crippen LogP contribution in [0, 0.1) is 11.6 Å². The molecule has 0 spiro atoms. The largest absolute Gasteiger partial charge is 0.457 e. The maximum absolute atomic E-state index is 13.2. The molecule has 2 nitrogen and oxygen atoms in total. The fourth-order valence-electron chi connectivity index (χ4n) is 1.84. The molecule has 0 fully saturated rings. The van der Waals surface area contributed by atoms with E-state index in [2.05, 4.69) is 28.2 Å². The standard InChI is InChI=1S/C16H16BrF2NO/c1-2-7-20-10-11-3-4-12(17)8-16(11)21-13-5-6-14(18)15(19)9-13/h3-6,8-9,20H,2,7,10H2,1H3. The van der Waals surface area contributed by atoms with E-state index < -0.39 is 11.6 Å². The molecule has 0 saturated carbocycles. The lowest BCUT2D eigenvalue weighted by molar-refractivity contribution is 0.455. The van der Waals surface area contributed by atoms with Crippen LogP contribution < -0.4 is 10.1 Å². The molecule has 2 rings (SSSR count). The maximum atomic E-state index is 13.2. The van der Waals surface area contributed by atoms with Crippen molar-refractivity contribution in [1.82, 2.24) is 5.32 Å². The summed E-state index contributed by atoms with van der Waals surface area (Å²) in [6.07, 6.45) is 1.04. The lowest BCUT2D eigenvalue weighted by atomic mass is 10.2. The van der Waals surface area contributed by atoms with Crippen LogP contribution in [0.4, 0.5) is 8.78 Å². The highest BCUT2D eigenvalue weighted by Gasteiger charge is 2.08. The van der Waals surface area contributed by atoms with Crippen LogP contribution >= 0.6 is 15.9 Å². The van der Waals surface area contributed by atoms with Gasteiger partial charge in [-0.1, -0.05) is 28.9 Å². The predicted octanol–water partition coefficient (Wildman–Crippen LogP) is 5.02. The minimum absolute atomic E-state index is 0.267. The third-order valence-electron chi connectivity index (χ3n) is 2.89. The summed E-state index contributed by atoms with van der Waals surface area (Å²) < 4.78 is 32.7. The fraction of sp³-hybridized carbons (Fsp3) is 0.250. The zero-order valence-electron chi connectivity index (χ0n) is 11.6. The molecule has 0 amide bonds. The normalized spacial score (nSPS) is 10.7. The molecule has 0 aliphatic carbocycles. The Hall–Kier alpha value is -1.46. The van der Waals surface area contributed by atoms with Crippen LogP contribution in [0.15, 0.2) is 40.9 Å². The summed E-state index contributed by atoms with van der Waals surface area (Å²) in [4.78, 5) is 0. The van der Waals surface area contributed by atoms with E-state index in [1.807, 2.05) is 18.2 Å². The minimum Gasteiger partial charge on any atom is -0.457 e. The van der Waals surface area contributed by atoms with Crippen molar-refractivity contribution in [2.24, 2.45) is 0 Å². The molecule has 21 heavy (non-hydrogen) atoms. The first-order chi connectivity index (χ1) is 10.1. The molecular formula is C16H16BrF2NO. The molecule has 5 heteroatoms. The zero-order valence-corrected chi connectivity index (χ0v) is 13.2. The number of hydrogen-bond acceptors (Lipinski definition) is 2. The third kappa shape index (κ3) is 4.51. The Labute approximate surface area is 131 Å². The second-order valence-electron chi connectivity index (χ2n) is 4.61. The quantitative estimate of drug-likeness (QED) is 0.734. The van der Waals surface area contributed by atoms with Crippen molar-refractivity contribution in [2.75, 3.05) is 6.54 Å². The van der Waals surface area contributed by atoms with Gasteiger partial charge in [-0.25, -0.2) is 8.78 Å². The Balaban J connectivity index is 2.20. The predicted molar refractivity (Wildman–Crippen MR) is 82.6 cm³/mol. The molecule has 0 radical (unpaired) electrons. The van der Waals surface area contributed by atoms with Gasteiger partial charge in [0.2, 0.25) is 0 Å². The Bertz CT molecular complexity index is 619. The average molecular weight is 356 g/mol. The number of rotatable bonds is 6. The van der Waals surface area contributed by atoms with Crippen molar-refractivity contribution in [3.8, 4) is 11.5 Å². The number of halogens is 3. The molecule has 0 bridgehead atoms. The van der Waals surface area contributed by atoms with E-state index in [0.29, 0.717) is 12.3 Å². The third-order valence-corrected chi connectivity index (χ3v) is 3.38. The van der Waals surface area contributed by atoms with Gasteiger partial charge in [0, 0.05) is 22.6 Å². The highest BCUT2D eigenvalue weighted by molar-refractivity contribution is 9.10.